The van der Waals surface area contributed by atoms with Gasteiger partial charge in [0.05, 0.1) is 16.5 Å². The Balaban J connectivity index is 1.56. The maximum absolute atomic E-state index is 13.0. The van der Waals surface area contributed by atoms with E-state index in [4.69, 9.17) is 4.74 Å². The highest BCUT2D eigenvalue weighted by atomic mass is 16.5. The molecule has 0 bridgehead atoms. The fourth-order valence-electron chi connectivity index (χ4n) is 3.56. The number of rotatable bonds is 7. The molecule has 34 heavy (non-hydrogen) atoms. The Morgan fingerprint density at radius 3 is 2.56 bits per heavy atom. The highest BCUT2D eigenvalue weighted by molar-refractivity contribution is 6.12. The number of nitrogens with zero attached hydrogens (tertiary/aromatic N) is 1. The maximum Gasteiger partial charge on any atom is 0.312 e. The van der Waals surface area contributed by atoms with Crippen molar-refractivity contribution in [3.8, 4) is 0 Å². The summed E-state index contributed by atoms with van der Waals surface area (Å²) in [6.45, 7) is 5.71. The molecule has 7 nitrogen and oxygen atoms in total. The van der Waals surface area contributed by atoms with Gasteiger partial charge >= 0.3 is 5.97 Å². The molecule has 0 spiro atoms. The first kappa shape index (κ1) is 23.0. The van der Waals surface area contributed by atoms with Crippen LogP contribution in [-0.2, 0) is 9.53 Å². The first-order valence-electron chi connectivity index (χ1n) is 11.0. The highest BCUT2D eigenvalue weighted by Gasteiger charge is 2.28. The van der Waals surface area contributed by atoms with Gasteiger partial charge in [0.1, 0.15) is 6.61 Å². The Bertz CT molecular complexity index is 1310. The standard InChI is InChI=1S/C27H27N3O4/c1-17-13-22(25(31)30-20-7-5-4-6-8-20)21-11-9-18(14-23(21)29-17)19-10-12-24(28-15-19)34-16-27(2,3)26(32)33/h4-14,28H,15-16H2,1-3H3,(H,30,31)(H,32,33). The number of amides is 1. The number of carbonyl (C=O) groups excluding carboxylic acids is 1. The number of allylic oxidation sites excluding steroid dienone is 2. The van der Waals surface area contributed by atoms with Crippen LogP contribution in [0.4, 0.5) is 5.69 Å². The molecule has 0 saturated carbocycles. The van der Waals surface area contributed by atoms with E-state index in [2.05, 4.69) is 15.6 Å². The van der Waals surface area contributed by atoms with E-state index in [1.54, 1.807) is 26.0 Å². The van der Waals surface area contributed by atoms with E-state index in [0.717, 1.165) is 33.4 Å². The zero-order valence-corrected chi connectivity index (χ0v) is 19.4. The third kappa shape index (κ3) is 5.09. The molecule has 0 radical (unpaired) electrons. The topological polar surface area (TPSA) is 101 Å². The molecule has 3 aromatic rings. The van der Waals surface area contributed by atoms with Crippen LogP contribution in [0, 0.1) is 12.3 Å². The Labute approximate surface area is 198 Å². The van der Waals surface area contributed by atoms with Crippen LogP contribution in [0.15, 0.2) is 72.6 Å². The van der Waals surface area contributed by atoms with E-state index in [0.29, 0.717) is 18.0 Å². The minimum Gasteiger partial charge on any atom is -0.481 e. The largest absolute Gasteiger partial charge is 0.481 e. The molecule has 2 aromatic carbocycles. The van der Waals surface area contributed by atoms with Crippen LogP contribution >= 0.6 is 0 Å². The predicted octanol–water partition coefficient (Wildman–Crippen LogP) is 4.75. The van der Waals surface area contributed by atoms with Gasteiger partial charge < -0.3 is 20.5 Å². The molecule has 1 amide bonds. The van der Waals surface area contributed by atoms with Crippen molar-refractivity contribution in [1.82, 2.24) is 10.3 Å². The fourth-order valence-corrected chi connectivity index (χ4v) is 3.56. The number of aromatic nitrogens is 1. The average molecular weight is 458 g/mol. The van der Waals surface area contributed by atoms with Gasteiger partial charge in [-0.15, -0.1) is 0 Å². The third-order valence-corrected chi connectivity index (χ3v) is 5.64. The minimum absolute atomic E-state index is 0.0668. The molecule has 1 aromatic heterocycles. The van der Waals surface area contributed by atoms with Gasteiger partial charge in [-0.25, -0.2) is 0 Å². The molecule has 0 aliphatic carbocycles. The van der Waals surface area contributed by atoms with Gasteiger partial charge in [-0.1, -0.05) is 36.4 Å². The molecule has 7 heteroatoms. The molecule has 2 heterocycles. The number of carboxylic acid groups (broad SMARTS) is 1. The van der Waals surface area contributed by atoms with E-state index in [-0.39, 0.29) is 12.5 Å². The van der Waals surface area contributed by atoms with E-state index in [9.17, 15) is 14.7 Å². The van der Waals surface area contributed by atoms with Gasteiger partial charge in [0.25, 0.3) is 5.91 Å². The average Bonchev–Trinajstić information content (AvgIpc) is 2.82. The zero-order valence-electron chi connectivity index (χ0n) is 19.4. The molecule has 0 saturated heterocycles. The van der Waals surface area contributed by atoms with Crippen molar-refractivity contribution in [2.24, 2.45) is 5.41 Å². The van der Waals surface area contributed by atoms with Crippen LogP contribution in [0.5, 0.6) is 0 Å². The van der Waals surface area contributed by atoms with Crippen molar-refractivity contribution in [3.63, 3.8) is 0 Å². The first-order valence-corrected chi connectivity index (χ1v) is 11.0. The van der Waals surface area contributed by atoms with Crippen LogP contribution in [0.25, 0.3) is 16.5 Å². The molecule has 0 fully saturated rings. The number of carbonyl (C=O) groups is 2. The summed E-state index contributed by atoms with van der Waals surface area (Å²) in [4.78, 5) is 28.9. The lowest BCUT2D eigenvalue weighted by Gasteiger charge is -2.23. The lowest BCUT2D eigenvalue weighted by Crippen LogP contribution is -2.31. The van der Waals surface area contributed by atoms with Crippen molar-refractivity contribution in [2.45, 2.75) is 20.8 Å². The summed E-state index contributed by atoms with van der Waals surface area (Å²) >= 11 is 0. The van der Waals surface area contributed by atoms with Crippen LogP contribution in [0.2, 0.25) is 0 Å². The van der Waals surface area contributed by atoms with Crippen molar-refractivity contribution in [3.05, 3.63) is 89.5 Å². The lowest BCUT2D eigenvalue weighted by molar-refractivity contribution is -0.149. The summed E-state index contributed by atoms with van der Waals surface area (Å²) in [7, 11) is 0. The van der Waals surface area contributed by atoms with Crippen molar-refractivity contribution in [1.29, 1.82) is 0 Å². The van der Waals surface area contributed by atoms with Gasteiger partial charge in [-0.3, -0.25) is 14.6 Å². The quantitative estimate of drug-likeness (QED) is 0.473. The molecule has 174 valence electrons. The number of para-hydroxylation sites is 1. The van der Waals surface area contributed by atoms with Crippen molar-refractivity contribution in [2.75, 3.05) is 18.5 Å². The molecule has 4 rings (SSSR count). The van der Waals surface area contributed by atoms with Gasteiger partial charge in [0, 0.05) is 23.3 Å². The van der Waals surface area contributed by atoms with Gasteiger partial charge in [0.15, 0.2) is 5.88 Å². The van der Waals surface area contributed by atoms with Gasteiger partial charge in [0.2, 0.25) is 0 Å². The van der Waals surface area contributed by atoms with E-state index >= 15 is 0 Å². The minimum atomic E-state index is -0.973. The maximum atomic E-state index is 13.0. The Morgan fingerprint density at radius 1 is 1.12 bits per heavy atom. The van der Waals surface area contributed by atoms with E-state index in [1.807, 2.05) is 61.5 Å². The van der Waals surface area contributed by atoms with Crippen molar-refractivity contribution < 1.29 is 19.4 Å². The summed E-state index contributed by atoms with van der Waals surface area (Å²) in [6.07, 6.45) is 3.74. The molecule has 1 aliphatic heterocycles. The summed E-state index contributed by atoms with van der Waals surface area (Å²) in [5, 5.41) is 16.1. The number of hydrogen-bond donors (Lipinski definition) is 3. The number of hydrogen-bond acceptors (Lipinski definition) is 5. The molecule has 3 N–H and O–H groups in total. The normalized spacial score (nSPS) is 13.5. The Kier molecular flexibility index (Phi) is 6.36. The predicted molar refractivity (Wildman–Crippen MR) is 132 cm³/mol. The molecular weight excluding hydrogens is 430 g/mol. The number of dihydropyridines is 1. The second-order valence-corrected chi connectivity index (χ2v) is 8.92. The SMILES string of the molecule is Cc1cc(C(=O)Nc2ccccc2)c2ccc(C3=CC=C(OCC(C)(C)C(=O)O)NC3)cc2n1. The van der Waals surface area contributed by atoms with Crippen LogP contribution in [-0.4, -0.2) is 35.1 Å². The Morgan fingerprint density at radius 2 is 1.88 bits per heavy atom. The van der Waals surface area contributed by atoms with Gasteiger partial charge in [-0.05, 0) is 62.2 Å². The number of carboxylic acids is 1. The monoisotopic (exact) mass is 457 g/mol. The van der Waals surface area contributed by atoms with Crippen LogP contribution in [0.3, 0.4) is 0 Å². The number of fused-ring (bicyclic) bond motifs is 1. The summed E-state index contributed by atoms with van der Waals surface area (Å²) in [5.41, 5.74) is 3.85. The van der Waals surface area contributed by atoms with E-state index < -0.39 is 11.4 Å². The van der Waals surface area contributed by atoms with E-state index in [1.165, 1.54) is 0 Å². The number of ether oxygens (including phenoxy) is 1. The fraction of sp³-hybridized carbons (Fsp3) is 0.222. The number of aryl methyl sites for hydroxylation is 1. The van der Waals surface area contributed by atoms with Gasteiger partial charge in [-0.2, -0.15) is 0 Å². The number of benzene rings is 2. The third-order valence-electron chi connectivity index (χ3n) is 5.64. The highest BCUT2D eigenvalue weighted by Crippen LogP contribution is 2.26. The number of anilines is 1. The summed E-state index contributed by atoms with van der Waals surface area (Å²) in [5.74, 6) is -0.550. The Hall–Kier alpha value is -4.13. The smallest absolute Gasteiger partial charge is 0.312 e. The van der Waals surface area contributed by atoms with Crippen molar-refractivity contribution >= 4 is 34.0 Å². The van der Waals surface area contributed by atoms with Crippen LogP contribution < -0.4 is 10.6 Å². The number of nitrogens with one attached hydrogen (secondary N) is 2. The number of pyridine rings is 1. The number of aliphatic carboxylic acids is 1. The second kappa shape index (κ2) is 9.39. The molecule has 1 aliphatic rings. The zero-order chi connectivity index (χ0) is 24.3. The molecule has 0 atom stereocenters. The molecular formula is C27H27N3O4. The molecule has 0 unspecified atom stereocenters. The van der Waals surface area contributed by atoms with Crippen LogP contribution in [0.1, 0.15) is 35.5 Å². The summed E-state index contributed by atoms with van der Waals surface area (Å²) < 4.78 is 5.64. The first-order chi connectivity index (χ1) is 16.2. The lowest BCUT2D eigenvalue weighted by atomic mass is 9.95. The second-order valence-electron chi connectivity index (χ2n) is 8.92. The summed E-state index contributed by atoms with van der Waals surface area (Å²) in [6, 6.07) is 17.0.